The maximum atomic E-state index is 11.8. The maximum Gasteiger partial charge on any atom is 0.226 e. The van der Waals surface area contributed by atoms with Gasteiger partial charge in [-0.05, 0) is 17.9 Å². The number of amides is 2. The summed E-state index contributed by atoms with van der Waals surface area (Å²) in [6, 6.07) is 3.61. The summed E-state index contributed by atoms with van der Waals surface area (Å²) in [7, 11) is 0. The third-order valence-electron chi connectivity index (χ3n) is 2.76. The molecule has 2 aromatic heterocycles. The highest BCUT2D eigenvalue weighted by molar-refractivity contribution is 7.14. The SMILES string of the molecule is NC(=O)Cc1csc(NC(=O)CCCC(=O)c2cccs2)n1. The van der Waals surface area contributed by atoms with Gasteiger partial charge in [0.1, 0.15) is 0 Å². The Kier molecular flexibility index (Phi) is 5.79. The van der Waals surface area contributed by atoms with Crippen LogP contribution in [0.5, 0.6) is 0 Å². The molecule has 0 aliphatic heterocycles. The molecule has 0 aliphatic rings. The molecule has 8 heteroatoms. The molecule has 2 amide bonds. The lowest BCUT2D eigenvalue weighted by molar-refractivity contribution is -0.117. The number of hydrogen-bond acceptors (Lipinski definition) is 6. The molecule has 0 bridgehead atoms. The second kappa shape index (κ2) is 7.81. The number of nitrogens with two attached hydrogens (primary N) is 1. The standard InChI is InChI=1S/C14H15N3O3S2/c15-12(19)7-9-8-22-14(16-9)17-13(20)5-1-3-10(18)11-4-2-6-21-11/h2,4,6,8H,1,3,5,7H2,(H2,15,19)(H,16,17,20). The summed E-state index contributed by atoms with van der Waals surface area (Å²) in [5, 5.41) is 6.62. The molecule has 116 valence electrons. The van der Waals surface area contributed by atoms with Crippen molar-refractivity contribution in [2.45, 2.75) is 25.7 Å². The lowest BCUT2D eigenvalue weighted by atomic mass is 10.1. The summed E-state index contributed by atoms with van der Waals surface area (Å²) in [4.78, 5) is 39.1. The zero-order chi connectivity index (χ0) is 15.9. The van der Waals surface area contributed by atoms with Gasteiger partial charge in [0.25, 0.3) is 0 Å². The Morgan fingerprint density at radius 1 is 1.23 bits per heavy atom. The summed E-state index contributed by atoms with van der Waals surface area (Å²) < 4.78 is 0. The largest absolute Gasteiger partial charge is 0.369 e. The van der Waals surface area contributed by atoms with Crippen molar-refractivity contribution in [3.05, 3.63) is 33.5 Å². The molecule has 0 saturated heterocycles. The van der Waals surface area contributed by atoms with Gasteiger partial charge in [-0.1, -0.05) is 6.07 Å². The second-order valence-corrected chi connectivity index (χ2v) is 6.40. The Morgan fingerprint density at radius 3 is 2.73 bits per heavy atom. The summed E-state index contributed by atoms with van der Waals surface area (Å²) >= 11 is 2.65. The van der Waals surface area contributed by atoms with E-state index in [-0.39, 0.29) is 24.5 Å². The number of anilines is 1. The number of nitrogens with zero attached hydrogens (tertiary/aromatic N) is 1. The van der Waals surface area contributed by atoms with Gasteiger partial charge in [0.05, 0.1) is 17.0 Å². The van der Waals surface area contributed by atoms with Gasteiger partial charge in [-0.25, -0.2) is 4.98 Å². The van der Waals surface area contributed by atoms with Gasteiger partial charge in [0.15, 0.2) is 10.9 Å². The minimum Gasteiger partial charge on any atom is -0.369 e. The van der Waals surface area contributed by atoms with Crippen LogP contribution in [0.3, 0.4) is 0 Å². The van der Waals surface area contributed by atoms with Crippen LogP contribution in [0.1, 0.15) is 34.6 Å². The maximum absolute atomic E-state index is 11.8. The van der Waals surface area contributed by atoms with E-state index < -0.39 is 5.91 Å². The molecule has 6 nitrogen and oxygen atoms in total. The van der Waals surface area contributed by atoms with Crippen molar-refractivity contribution < 1.29 is 14.4 Å². The quantitative estimate of drug-likeness (QED) is 0.721. The molecule has 0 aromatic carbocycles. The minimum absolute atomic E-state index is 0.0563. The number of carbonyl (C=O) groups is 3. The first-order valence-electron chi connectivity index (χ1n) is 6.64. The van der Waals surface area contributed by atoms with Gasteiger partial charge in [0, 0.05) is 18.2 Å². The van der Waals surface area contributed by atoms with E-state index in [1.54, 1.807) is 11.4 Å². The first kappa shape index (κ1) is 16.3. The van der Waals surface area contributed by atoms with Crippen LogP contribution in [-0.2, 0) is 16.0 Å². The molecular formula is C14H15N3O3S2. The number of ketones is 1. The van der Waals surface area contributed by atoms with Crippen molar-refractivity contribution >= 4 is 45.4 Å². The lowest BCUT2D eigenvalue weighted by Gasteiger charge is -2.01. The van der Waals surface area contributed by atoms with E-state index in [1.165, 1.54) is 22.7 Å². The van der Waals surface area contributed by atoms with Crippen LogP contribution in [0, 0.1) is 0 Å². The van der Waals surface area contributed by atoms with Crippen LogP contribution in [0.2, 0.25) is 0 Å². The Morgan fingerprint density at radius 2 is 2.05 bits per heavy atom. The fourth-order valence-electron chi connectivity index (χ4n) is 1.78. The van der Waals surface area contributed by atoms with Crippen molar-refractivity contribution in [1.82, 2.24) is 4.98 Å². The van der Waals surface area contributed by atoms with Crippen LogP contribution >= 0.6 is 22.7 Å². The van der Waals surface area contributed by atoms with Gasteiger partial charge in [-0.2, -0.15) is 0 Å². The molecule has 0 radical (unpaired) electrons. The molecule has 2 aromatic rings. The molecule has 2 heterocycles. The van der Waals surface area contributed by atoms with Gasteiger partial charge in [0.2, 0.25) is 11.8 Å². The summed E-state index contributed by atoms with van der Waals surface area (Å²) in [6.45, 7) is 0. The highest BCUT2D eigenvalue weighted by Gasteiger charge is 2.10. The number of Topliss-reactive ketones (excluding diaryl/α,β-unsaturated/α-hetero) is 1. The van der Waals surface area contributed by atoms with Crippen LogP contribution in [0.25, 0.3) is 0 Å². The first-order chi connectivity index (χ1) is 10.5. The van der Waals surface area contributed by atoms with E-state index in [9.17, 15) is 14.4 Å². The summed E-state index contributed by atoms with van der Waals surface area (Å²) in [5.74, 6) is -0.602. The van der Waals surface area contributed by atoms with Gasteiger partial charge < -0.3 is 11.1 Å². The average Bonchev–Trinajstić information content (AvgIpc) is 3.09. The van der Waals surface area contributed by atoms with E-state index in [0.717, 1.165) is 4.88 Å². The molecule has 0 atom stereocenters. The molecule has 0 aliphatic carbocycles. The van der Waals surface area contributed by atoms with Crippen LogP contribution in [0.15, 0.2) is 22.9 Å². The molecule has 0 unspecified atom stereocenters. The van der Waals surface area contributed by atoms with Crippen LogP contribution in [-0.4, -0.2) is 22.6 Å². The minimum atomic E-state index is -0.463. The first-order valence-corrected chi connectivity index (χ1v) is 8.40. The zero-order valence-electron chi connectivity index (χ0n) is 11.7. The van der Waals surface area contributed by atoms with Crippen molar-refractivity contribution in [3.8, 4) is 0 Å². The van der Waals surface area contributed by atoms with E-state index >= 15 is 0 Å². The number of carbonyl (C=O) groups excluding carboxylic acids is 3. The molecule has 3 N–H and O–H groups in total. The third kappa shape index (κ3) is 5.05. The average molecular weight is 337 g/mol. The Bertz CT molecular complexity index is 665. The topological polar surface area (TPSA) is 102 Å². The monoisotopic (exact) mass is 337 g/mol. The van der Waals surface area contributed by atoms with Gasteiger partial charge in [-0.3, -0.25) is 14.4 Å². The molecular weight excluding hydrogens is 322 g/mol. The fraction of sp³-hybridized carbons (Fsp3) is 0.286. The lowest BCUT2D eigenvalue weighted by Crippen LogP contribution is -2.14. The van der Waals surface area contributed by atoms with Crippen LogP contribution < -0.4 is 11.1 Å². The summed E-state index contributed by atoms with van der Waals surface area (Å²) in [6.07, 6.45) is 1.14. The fourth-order valence-corrected chi connectivity index (χ4v) is 3.20. The third-order valence-corrected chi connectivity index (χ3v) is 4.47. The predicted molar refractivity (Wildman–Crippen MR) is 86.1 cm³/mol. The number of hydrogen-bond donors (Lipinski definition) is 2. The second-order valence-electron chi connectivity index (χ2n) is 4.59. The van der Waals surface area contributed by atoms with Crippen LogP contribution in [0.4, 0.5) is 5.13 Å². The van der Waals surface area contributed by atoms with Crippen molar-refractivity contribution in [2.75, 3.05) is 5.32 Å². The van der Waals surface area contributed by atoms with Gasteiger partial charge in [-0.15, -0.1) is 22.7 Å². The number of thiophene rings is 1. The Labute approximate surface area is 135 Å². The van der Waals surface area contributed by atoms with Crippen molar-refractivity contribution in [3.63, 3.8) is 0 Å². The highest BCUT2D eigenvalue weighted by atomic mass is 32.1. The number of nitrogens with one attached hydrogen (secondary N) is 1. The summed E-state index contributed by atoms with van der Waals surface area (Å²) in [5.41, 5.74) is 5.62. The Hall–Kier alpha value is -2.06. The van der Waals surface area contributed by atoms with Gasteiger partial charge >= 0.3 is 0 Å². The zero-order valence-corrected chi connectivity index (χ0v) is 13.3. The molecule has 0 fully saturated rings. The Balaban J connectivity index is 1.72. The van der Waals surface area contributed by atoms with E-state index in [4.69, 9.17) is 5.73 Å². The molecule has 2 rings (SSSR count). The smallest absolute Gasteiger partial charge is 0.226 e. The normalized spacial score (nSPS) is 10.4. The number of primary amides is 1. The van der Waals surface area contributed by atoms with E-state index in [2.05, 4.69) is 10.3 Å². The molecule has 22 heavy (non-hydrogen) atoms. The highest BCUT2D eigenvalue weighted by Crippen LogP contribution is 2.17. The number of thiazole rings is 1. The van der Waals surface area contributed by atoms with Crippen molar-refractivity contribution in [2.24, 2.45) is 5.73 Å². The van der Waals surface area contributed by atoms with Crippen molar-refractivity contribution in [1.29, 1.82) is 0 Å². The van der Waals surface area contributed by atoms with E-state index in [0.29, 0.717) is 23.7 Å². The molecule has 0 saturated carbocycles. The van der Waals surface area contributed by atoms with E-state index in [1.807, 2.05) is 11.4 Å². The predicted octanol–water partition coefficient (Wildman–Crippen LogP) is 2.22. The number of aromatic nitrogens is 1. The molecule has 0 spiro atoms. The number of rotatable bonds is 8.